The van der Waals surface area contributed by atoms with Gasteiger partial charge in [0.25, 0.3) is 5.88 Å². The molecule has 0 aromatic carbocycles. The lowest BCUT2D eigenvalue weighted by molar-refractivity contribution is -0.386. The van der Waals surface area contributed by atoms with E-state index in [9.17, 15) is 14.5 Å². The third kappa shape index (κ3) is 1.83. The summed E-state index contributed by atoms with van der Waals surface area (Å²) in [5.41, 5.74) is -0.551. The maximum Gasteiger partial charge on any atom is 0.333 e. The SMILES string of the molecule is COc1nc(Cl)c(F)cc1[N+](=O)[O-]. The van der Waals surface area contributed by atoms with Gasteiger partial charge in [0.2, 0.25) is 0 Å². The molecule has 0 saturated heterocycles. The van der Waals surface area contributed by atoms with E-state index < -0.39 is 21.6 Å². The summed E-state index contributed by atoms with van der Waals surface area (Å²) in [6, 6.07) is 0.661. The second-order valence-electron chi connectivity index (χ2n) is 2.05. The van der Waals surface area contributed by atoms with Crippen molar-refractivity contribution >= 4 is 17.3 Å². The fourth-order valence-electron chi connectivity index (χ4n) is 0.722. The second kappa shape index (κ2) is 3.53. The van der Waals surface area contributed by atoms with E-state index in [-0.39, 0.29) is 5.88 Å². The lowest BCUT2D eigenvalue weighted by Crippen LogP contribution is -1.98. The van der Waals surface area contributed by atoms with Gasteiger partial charge in [-0.05, 0) is 0 Å². The molecule has 0 aliphatic rings. The van der Waals surface area contributed by atoms with Gasteiger partial charge >= 0.3 is 5.69 Å². The van der Waals surface area contributed by atoms with Gasteiger partial charge in [-0.15, -0.1) is 0 Å². The van der Waals surface area contributed by atoms with Crippen LogP contribution < -0.4 is 4.74 Å². The van der Waals surface area contributed by atoms with E-state index in [0.717, 1.165) is 0 Å². The van der Waals surface area contributed by atoms with Crippen LogP contribution in [-0.2, 0) is 0 Å². The van der Waals surface area contributed by atoms with Crippen molar-refractivity contribution in [1.29, 1.82) is 0 Å². The molecule has 5 nitrogen and oxygen atoms in total. The average Bonchev–Trinajstić information content (AvgIpc) is 2.08. The normalized spacial score (nSPS) is 9.77. The first-order chi connectivity index (χ1) is 6.06. The Balaban J connectivity index is 3.33. The molecule has 0 amide bonds. The predicted molar refractivity (Wildman–Crippen MR) is 42.4 cm³/mol. The molecule has 1 rings (SSSR count). The number of ether oxygens (including phenoxy) is 1. The van der Waals surface area contributed by atoms with Crippen molar-refractivity contribution in [3.63, 3.8) is 0 Å². The van der Waals surface area contributed by atoms with Crippen molar-refractivity contribution < 1.29 is 14.1 Å². The second-order valence-corrected chi connectivity index (χ2v) is 2.40. The van der Waals surface area contributed by atoms with Gasteiger partial charge in [-0.3, -0.25) is 10.1 Å². The first-order valence-corrected chi connectivity index (χ1v) is 3.48. The van der Waals surface area contributed by atoms with Crippen LogP contribution in [0.25, 0.3) is 0 Å². The van der Waals surface area contributed by atoms with E-state index in [1.807, 2.05) is 0 Å². The highest BCUT2D eigenvalue weighted by atomic mass is 35.5. The molecule has 1 aromatic heterocycles. The van der Waals surface area contributed by atoms with Gasteiger partial charge < -0.3 is 4.74 Å². The van der Waals surface area contributed by atoms with Crippen molar-refractivity contribution in [3.05, 3.63) is 27.2 Å². The summed E-state index contributed by atoms with van der Waals surface area (Å²) in [6.07, 6.45) is 0. The van der Waals surface area contributed by atoms with Gasteiger partial charge in [0.15, 0.2) is 11.0 Å². The first-order valence-electron chi connectivity index (χ1n) is 3.10. The molecule has 0 atom stereocenters. The zero-order chi connectivity index (χ0) is 10.0. The number of rotatable bonds is 2. The summed E-state index contributed by atoms with van der Waals surface area (Å²) in [4.78, 5) is 12.9. The Morgan fingerprint density at radius 1 is 1.77 bits per heavy atom. The quantitative estimate of drug-likeness (QED) is 0.420. The zero-order valence-electron chi connectivity index (χ0n) is 6.45. The lowest BCUT2D eigenvalue weighted by Gasteiger charge is -2.00. The summed E-state index contributed by atoms with van der Waals surface area (Å²) in [6.45, 7) is 0. The Hall–Kier alpha value is -1.43. The Morgan fingerprint density at radius 2 is 2.38 bits per heavy atom. The standard InChI is InChI=1S/C6H4ClFN2O3/c1-13-6-4(10(11)12)2-3(8)5(7)9-6/h2H,1H3. The highest BCUT2D eigenvalue weighted by Crippen LogP contribution is 2.27. The minimum absolute atomic E-state index is 0.309. The van der Waals surface area contributed by atoms with Crippen molar-refractivity contribution in [1.82, 2.24) is 4.98 Å². The maximum atomic E-state index is 12.7. The van der Waals surface area contributed by atoms with E-state index in [1.54, 1.807) is 0 Å². The van der Waals surface area contributed by atoms with Crippen LogP contribution in [-0.4, -0.2) is 17.0 Å². The molecule has 0 unspecified atom stereocenters. The molecule has 1 aromatic rings. The third-order valence-electron chi connectivity index (χ3n) is 1.27. The van der Waals surface area contributed by atoms with Crippen LogP contribution in [0.4, 0.5) is 10.1 Å². The van der Waals surface area contributed by atoms with Crippen LogP contribution in [0.2, 0.25) is 5.15 Å². The summed E-state index contributed by atoms with van der Waals surface area (Å²) in [5.74, 6) is -1.26. The van der Waals surface area contributed by atoms with Crippen LogP contribution in [0.1, 0.15) is 0 Å². The number of halogens is 2. The average molecular weight is 207 g/mol. The summed E-state index contributed by atoms with van der Waals surface area (Å²) in [7, 11) is 1.18. The number of hydrogen-bond acceptors (Lipinski definition) is 4. The Kier molecular flexibility index (Phi) is 2.62. The molecule has 0 radical (unpaired) electrons. The topological polar surface area (TPSA) is 65.3 Å². The molecule has 1 heterocycles. The number of methoxy groups -OCH3 is 1. The van der Waals surface area contributed by atoms with Gasteiger partial charge in [-0.2, -0.15) is 4.98 Å². The largest absolute Gasteiger partial charge is 0.476 e. The molecule has 0 N–H and O–H groups in total. The van der Waals surface area contributed by atoms with Crippen molar-refractivity contribution in [3.8, 4) is 5.88 Å². The Labute approximate surface area is 77.3 Å². The summed E-state index contributed by atoms with van der Waals surface area (Å²) >= 11 is 5.28. The van der Waals surface area contributed by atoms with E-state index >= 15 is 0 Å². The molecular formula is C6H4ClFN2O3. The molecule has 0 fully saturated rings. The molecule has 0 aliphatic carbocycles. The number of pyridine rings is 1. The van der Waals surface area contributed by atoms with E-state index in [1.165, 1.54) is 7.11 Å². The maximum absolute atomic E-state index is 12.7. The molecule has 0 spiro atoms. The van der Waals surface area contributed by atoms with Gasteiger partial charge in [0.1, 0.15) is 0 Å². The van der Waals surface area contributed by atoms with Gasteiger partial charge in [-0.25, -0.2) is 4.39 Å². The number of nitro groups is 1. The van der Waals surface area contributed by atoms with Crippen LogP contribution >= 0.6 is 11.6 Å². The Bertz CT molecular complexity index is 358. The molecule has 7 heteroatoms. The molecule has 0 bridgehead atoms. The molecule has 0 aliphatic heterocycles. The summed E-state index contributed by atoms with van der Waals surface area (Å²) in [5, 5.41) is 9.86. The van der Waals surface area contributed by atoms with Gasteiger partial charge in [0, 0.05) is 0 Å². The van der Waals surface area contributed by atoms with Crippen LogP contribution in [0.15, 0.2) is 6.07 Å². The number of aromatic nitrogens is 1. The van der Waals surface area contributed by atoms with Gasteiger partial charge in [-0.1, -0.05) is 11.6 Å². The van der Waals surface area contributed by atoms with E-state index in [2.05, 4.69) is 9.72 Å². The van der Waals surface area contributed by atoms with Crippen molar-refractivity contribution in [2.75, 3.05) is 7.11 Å². The van der Waals surface area contributed by atoms with E-state index in [0.29, 0.717) is 6.07 Å². The fourth-order valence-corrected chi connectivity index (χ4v) is 0.853. The minimum Gasteiger partial charge on any atom is -0.476 e. The molecular weight excluding hydrogens is 203 g/mol. The fraction of sp³-hybridized carbons (Fsp3) is 0.167. The highest BCUT2D eigenvalue weighted by Gasteiger charge is 2.19. The minimum atomic E-state index is -0.950. The highest BCUT2D eigenvalue weighted by molar-refractivity contribution is 6.29. The van der Waals surface area contributed by atoms with Crippen LogP contribution in [0.3, 0.4) is 0 Å². The third-order valence-corrected chi connectivity index (χ3v) is 1.53. The van der Waals surface area contributed by atoms with Crippen molar-refractivity contribution in [2.45, 2.75) is 0 Å². The number of hydrogen-bond donors (Lipinski definition) is 0. The first kappa shape index (κ1) is 9.66. The van der Waals surface area contributed by atoms with Gasteiger partial charge in [0.05, 0.1) is 18.1 Å². The van der Waals surface area contributed by atoms with Crippen LogP contribution in [0.5, 0.6) is 5.88 Å². The van der Waals surface area contributed by atoms with Crippen molar-refractivity contribution in [2.24, 2.45) is 0 Å². The number of nitrogens with zero attached hydrogens (tertiary/aromatic N) is 2. The smallest absolute Gasteiger partial charge is 0.333 e. The lowest BCUT2D eigenvalue weighted by atomic mass is 10.4. The molecule has 70 valence electrons. The molecule has 13 heavy (non-hydrogen) atoms. The summed E-state index contributed by atoms with van der Waals surface area (Å²) < 4.78 is 17.2. The van der Waals surface area contributed by atoms with E-state index in [4.69, 9.17) is 11.6 Å². The van der Waals surface area contributed by atoms with Crippen LogP contribution in [0, 0.1) is 15.9 Å². The monoisotopic (exact) mass is 206 g/mol. The predicted octanol–water partition coefficient (Wildman–Crippen LogP) is 1.79. The Morgan fingerprint density at radius 3 is 2.85 bits per heavy atom. The zero-order valence-corrected chi connectivity index (χ0v) is 7.21. The molecule has 0 saturated carbocycles.